The molecule has 3 rings (SSSR count). The molecule has 2 N–H and O–H groups in total. The van der Waals surface area contributed by atoms with E-state index in [2.05, 4.69) is 33.2 Å². The molecule has 6 nitrogen and oxygen atoms in total. The van der Waals surface area contributed by atoms with E-state index >= 15 is 0 Å². The van der Waals surface area contributed by atoms with Gasteiger partial charge in [-0.25, -0.2) is 0 Å². The van der Waals surface area contributed by atoms with Crippen LogP contribution in [-0.4, -0.2) is 31.3 Å². The van der Waals surface area contributed by atoms with Crippen LogP contribution in [0.4, 0.5) is 5.69 Å². The van der Waals surface area contributed by atoms with Gasteiger partial charge in [0.1, 0.15) is 30.5 Å². The average molecular weight is 548 g/mol. The van der Waals surface area contributed by atoms with Crippen LogP contribution in [0, 0.1) is 3.57 Å². The number of carbonyl (C=O) groups is 1. The van der Waals surface area contributed by atoms with E-state index < -0.39 is 0 Å². The number of benzene rings is 3. The summed E-state index contributed by atoms with van der Waals surface area (Å²) in [4.78, 5) is 12.4. The van der Waals surface area contributed by atoms with Gasteiger partial charge in [-0.3, -0.25) is 10.1 Å². The third-order valence-corrected chi connectivity index (χ3v) is 5.16. The monoisotopic (exact) mass is 548 g/mol. The van der Waals surface area contributed by atoms with Crippen molar-refractivity contribution in [2.45, 2.75) is 0 Å². The molecule has 0 bridgehead atoms. The van der Waals surface area contributed by atoms with Crippen molar-refractivity contribution in [3.05, 3.63) is 81.9 Å². The smallest absolute Gasteiger partial charge is 0.257 e. The Morgan fingerprint density at radius 2 is 1.58 bits per heavy atom. The molecule has 0 saturated heterocycles. The first-order chi connectivity index (χ1) is 15.0. The third-order valence-electron chi connectivity index (χ3n) is 4.12. The maximum absolute atomic E-state index is 12.4. The Kier molecular flexibility index (Phi) is 8.48. The number of anilines is 1. The quantitative estimate of drug-likeness (QED) is 0.238. The zero-order valence-corrected chi connectivity index (χ0v) is 19.7. The fourth-order valence-corrected chi connectivity index (χ4v) is 3.56. The van der Waals surface area contributed by atoms with E-state index in [1.807, 2.05) is 54.6 Å². The second-order valence-corrected chi connectivity index (χ2v) is 7.86. The molecule has 0 heterocycles. The molecule has 0 atom stereocenters. The van der Waals surface area contributed by atoms with Crippen molar-refractivity contribution >= 4 is 51.5 Å². The predicted octanol–water partition coefficient (Wildman–Crippen LogP) is 4.88. The normalized spacial score (nSPS) is 10.1. The molecule has 0 unspecified atom stereocenters. The van der Waals surface area contributed by atoms with E-state index in [1.54, 1.807) is 25.3 Å². The molecule has 3 aromatic rings. The topological polar surface area (TPSA) is 68.8 Å². The van der Waals surface area contributed by atoms with Gasteiger partial charge >= 0.3 is 0 Å². The van der Waals surface area contributed by atoms with Gasteiger partial charge in [-0.2, -0.15) is 0 Å². The van der Waals surface area contributed by atoms with E-state index in [9.17, 15) is 4.79 Å². The number of hydrogen-bond donors (Lipinski definition) is 2. The molecule has 0 aliphatic heterocycles. The van der Waals surface area contributed by atoms with Crippen LogP contribution >= 0.6 is 34.8 Å². The first-order valence-electron chi connectivity index (χ1n) is 9.42. The maximum atomic E-state index is 12.4. The van der Waals surface area contributed by atoms with Gasteiger partial charge in [0.25, 0.3) is 5.91 Å². The summed E-state index contributed by atoms with van der Waals surface area (Å²) in [5, 5.41) is 5.87. The highest BCUT2D eigenvalue weighted by molar-refractivity contribution is 14.1. The Bertz CT molecular complexity index is 1030. The second kappa shape index (κ2) is 11.5. The number of para-hydroxylation sites is 1. The minimum Gasteiger partial charge on any atom is -0.496 e. The molecule has 0 aliphatic rings. The molecule has 8 heteroatoms. The Morgan fingerprint density at radius 1 is 0.935 bits per heavy atom. The number of carbonyl (C=O) groups excluding carboxylic acids is 1. The average Bonchev–Trinajstić information content (AvgIpc) is 2.78. The van der Waals surface area contributed by atoms with Gasteiger partial charge in [-0.05, 0) is 89.4 Å². The number of rotatable bonds is 8. The fraction of sp³-hybridized carbons (Fsp3) is 0.130. The standard InChI is InChI=1S/C23H21IN2O4S/c1-28-21-12-7-16(15-20(21)24)22(27)26-23(31)25-17-8-10-19(11-9-17)30-14-13-29-18-5-3-2-4-6-18/h2-12,15H,13-14H2,1H3,(H2,25,26,27,31). The van der Waals surface area contributed by atoms with Gasteiger partial charge in [0, 0.05) is 11.3 Å². The van der Waals surface area contributed by atoms with Crippen molar-refractivity contribution in [3.8, 4) is 17.2 Å². The number of methoxy groups -OCH3 is 1. The van der Waals surface area contributed by atoms with E-state index in [4.69, 9.17) is 26.4 Å². The Hall–Kier alpha value is -2.85. The number of hydrogen-bond acceptors (Lipinski definition) is 5. The van der Waals surface area contributed by atoms with Crippen LogP contribution in [0.3, 0.4) is 0 Å². The van der Waals surface area contributed by atoms with Gasteiger partial charge in [0.15, 0.2) is 5.11 Å². The largest absolute Gasteiger partial charge is 0.496 e. The van der Waals surface area contributed by atoms with E-state index in [1.165, 1.54) is 0 Å². The molecule has 0 radical (unpaired) electrons. The Morgan fingerprint density at radius 3 is 2.19 bits per heavy atom. The summed E-state index contributed by atoms with van der Waals surface area (Å²) >= 11 is 7.36. The van der Waals surface area contributed by atoms with Gasteiger partial charge in [-0.15, -0.1) is 0 Å². The molecule has 0 saturated carbocycles. The van der Waals surface area contributed by atoms with Gasteiger partial charge in [0.05, 0.1) is 10.7 Å². The van der Waals surface area contributed by atoms with Gasteiger partial charge in [-0.1, -0.05) is 18.2 Å². The number of ether oxygens (including phenoxy) is 3. The van der Waals surface area contributed by atoms with Crippen LogP contribution in [-0.2, 0) is 0 Å². The Labute approximate surface area is 200 Å². The molecule has 160 valence electrons. The van der Waals surface area contributed by atoms with Crippen molar-refractivity contribution in [2.75, 3.05) is 25.6 Å². The number of halogens is 1. The van der Waals surface area contributed by atoms with Gasteiger partial charge < -0.3 is 19.5 Å². The van der Waals surface area contributed by atoms with Crippen molar-refractivity contribution in [1.29, 1.82) is 0 Å². The molecular formula is C23H21IN2O4S. The predicted molar refractivity (Wildman–Crippen MR) is 133 cm³/mol. The Balaban J connectivity index is 1.44. The zero-order valence-electron chi connectivity index (χ0n) is 16.8. The van der Waals surface area contributed by atoms with Crippen molar-refractivity contribution < 1.29 is 19.0 Å². The molecule has 31 heavy (non-hydrogen) atoms. The van der Waals surface area contributed by atoms with Crippen molar-refractivity contribution in [2.24, 2.45) is 0 Å². The summed E-state index contributed by atoms with van der Waals surface area (Å²) in [6.45, 7) is 0.876. The molecule has 0 spiro atoms. The summed E-state index contributed by atoms with van der Waals surface area (Å²) in [7, 11) is 1.59. The van der Waals surface area contributed by atoms with Crippen molar-refractivity contribution in [3.63, 3.8) is 0 Å². The van der Waals surface area contributed by atoms with Crippen LogP contribution < -0.4 is 24.8 Å². The number of thiocarbonyl (C=S) groups is 1. The summed E-state index contributed by atoms with van der Waals surface area (Å²) in [5.41, 5.74) is 1.23. The van der Waals surface area contributed by atoms with Crippen LogP contribution in [0.1, 0.15) is 10.4 Å². The van der Waals surface area contributed by atoms with Crippen LogP contribution in [0.15, 0.2) is 72.8 Å². The minimum atomic E-state index is -0.295. The lowest BCUT2D eigenvalue weighted by Gasteiger charge is -2.12. The SMILES string of the molecule is COc1ccc(C(=O)NC(=S)Nc2ccc(OCCOc3ccccc3)cc2)cc1I. The van der Waals surface area contributed by atoms with E-state index in [0.29, 0.717) is 30.3 Å². The van der Waals surface area contributed by atoms with Crippen molar-refractivity contribution in [1.82, 2.24) is 5.32 Å². The maximum Gasteiger partial charge on any atom is 0.257 e. The molecular weight excluding hydrogens is 527 g/mol. The number of amides is 1. The van der Waals surface area contributed by atoms with E-state index in [0.717, 1.165) is 15.0 Å². The van der Waals surface area contributed by atoms with Crippen LogP contribution in [0.2, 0.25) is 0 Å². The first-order valence-corrected chi connectivity index (χ1v) is 10.9. The molecule has 0 aromatic heterocycles. The second-order valence-electron chi connectivity index (χ2n) is 6.29. The lowest BCUT2D eigenvalue weighted by atomic mass is 10.2. The van der Waals surface area contributed by atoms with Crippen LogP contribution in [0.25, 0.3) is 0 Å². The summed E-state index contributed by atoms with van der Waals surface area (Å²) < 4.78 is 17.3. The molecule has 1 amide bonds. The number of nitrogens with one attached hydrogen (secondary N) is 2. The first kappa shape index (κ1) is 22.8. The van der Waals surface area contributed by atoms with Crippen LogP contribution in [0.5, 0.6) is 17.2 Å². The molecule has 0 fully saturated rings. The van der Waals surface area contributed by atoms with E-state index in [-0.39, 0.29) is 11.0 Å². The molecule has 3 aromatic carbocycles. The molecule has 0 aliphatic carbocycles. The zero-order chi connectivity index (χ0) is 22.1. The minimum absolute atomic E-state index is 0.209. The highest BCUT2D eigenvalue weighted by Gasteiger charge is 2.10. The summed E-state index contributed by atoms with van der Waals surface area (Å²) in [6, 6.07) is 22.0. The van der Waals surface area contributed by atoms with Gasteiger partial charge in [0.2, 0.25) is 0 Å². The highest BCUT2D eigenvalue weighted by atomic mass is 127. The summed E-state index contributed by atoms with van der Waals surface area (Å²) in [6.07, 6.45) is 0. The highest BCUT2D eigenvalue weighted by Crippen LogP contribution is 2.21. The fourth-order valence-electron chi connectivity index (χ4n) is 2.62. The lowest BCUT2D eigenvalue weighted by Crippen LogP contribution is -2.34. The third kappa shape index (κ3) is 7.11. The lowest BCUT2D eigenvalue weighted by molar-refractivity contribution is 0.0977. The summed E-state index contributed by atoms with van der Waals surface area (Å²) in [5.74, 6) is 1.94.